The van der Waals surface area contributed by atoms with Gasteiger partial charge in [-0.05, 0) is 25.1 Å². The third-order valence-electron chi connectivity index (χ3n) is 2.15. The van der Waals surface area contributed by atoms with Gasteiger partial charge in [0, 0.05) is 5.02 Å². The van der Waals surface area contributed by atoms with Crippen molar-refractivity contribution in [1.82, 2.24) is 0 Å². The fraction of sp³-hybridized carbons (Fsp3) is 0.333. The molecule has 0 saturated carbocycles. The molecule has 0 aliphatic heterocycles. The minimum absolute atomic E-state index is 0. The number of hydrogen-bond donors (Lipinski definition) is 0. The molecule has 0 amide bonds. The molecule has 0 bridgehead atoms. The van der Waals surface area contributed by atoms with Gasteiger partial charge < -0.3 is 9.47 Å². The normalized spacial score (nSPS) is 11.2. The van der Waals surface area contributed by atoms with Gasteiger partial charge >= 0.3 is 5.97 Å². The first-order valence-corrected chi connectivity index (χ1v) is 6.49. The molecule has 1 unspecified atom stereocenters. The predicted octanol–water partition coefficient (Wildman–Crippen LogP) is 3.44. The number of carbonyl (C=O) groups excluding carboxylic acids is 2. The van der Waals surface area contributed by atoms with Gasteiger partial charge in [-0.25, -0.2) is 0 Å². The second kappa shape index (κ2) is 8.55. The van der Waals surface area contributed by atoms with Crippen LogP contribution in [0.3, 0.4) is 0 Å². The molecule has 1 rings (SSSR count). The van der Waals surface area contributed by atoms with Crippen molar-refractivity contribution < 1.29 is 19.1 Å². The first kappa shape index (κ1) is 18.4. The summed E-state index contributed by atoms with van der Waals surface area (Å²) in [6.45, 7) is 1.88. The van der Waals surface area contributed by atoms with E-state index in [9.17, 15) is 9.59 Å². The van der Waals surface area contributed by atoms with Crippen molar-refractivity contribution in [2.75, 3.05) is 13.7 Å². The van der Waals surface area contributed by atoms with Crippen LogP contribution in [0.25, 0.3) is 0 Å². The molecular weight excluding hydrogens is 403 g/mol. The molecule has 0 saturated heterocycles. The van der Waals surface area contributed by atoms with Crippen molar-refractivity contribution in [3.05, 3.63) is 28.8 Å². The van der Waals surface area contributed by atoms with Crippen LogP contribution in [0, 0.1) is 0 Å². The maximum atomic E-state index is 12.1. The van der Waals surface area contributed by atoms with Gasteiger partial charge in [-0.2, -0.15) is 0 Å². The van der Waals surface area contributed by atoms with E-state index in [0.717, 1.165) is 0 Å². The largest absolute Gasteiger partial charge is 0.496 e. The highest BCUT2D eigenvalue weighted by Crippen LogP contribution is 2.25. The first-order valence-electron chi connectivity index (χ1n) is 5.19. The third kappa shape index (κ3) is 4.78. The van der Waals surface area contributed by atoms with E-state index in [1.807, 2.05) is 0 Å². The lowest BCUT2D eigenvalue weighted by atomic mass is 10.1. The highest BCUT2D eigenvalue weighted by molar-refractivity contribution is 9.10. The summed E-state index contributed by atoms with van der Waals surface area (Å²) >= 11 is 8.84. The number of carbonyl (C=O) groups is 2. The number of benzene rings is 1. The van der Waals surface area contributed by atoms with Crippen LogP contribution in [0.2, 0.25) is 5.02 Å². The van der Waals surface area contributed by atoms with E-state index in [2.05, 4.69) is 15.9 Å². The van der Waals surface area contributed by atoms with Crippen LogP contribution >= 0.6 is 44.5 Å². The maximum absolute atomic E-state index is 12.1. The molecule has 1 atom stereocenters. The van der Waals surface area contributed by atoms with E-state index >= 15 is 0 Å². The summed E-state index contributed by atoms with van der Waals surface area (Å²) in [5.41, 5.74) is 0.236. The second-order valence-corrected chi connectivity index (χ2v) is 4.68. The Kier molecular flexibility index (Phi) is 8.29. The number of hydrogen-bond acceptors (Lipinski definition) is 4. The van der Waals surface area contributed by atoms with Crippen molar-refractivity contribution in [1.29, 1.82) is 0 Å². The molecule has 1 aromatic rings. The number of methoxy groups -OCH3 is 1. The Labute approximate surface area is 135 Å². The quantitative estimate of drug-likeness (QED) is 0.319. The first-order chi connectivity index (χ1) is 8.51. The molecule has 0 radical (unpaired) electrons. The molecule has 0 fully saturated rings. The Hall–Kier alpha value is -0.590. The van der Waals surface area contributed by atoms with Crippen molar-refractivity contribution >= 4 is 56.3 Å². The Balaban J connectivity index is 0.00000324. The average Bonchev–Trinajstić information content (AvgIpc) is 2.37. The number of rotatable bonds is 5. The van der Waals surface area contributed by atoms with E-state index in [1.165, 1.54) is 13.2 Å². The minimum atomic E-state index is -1.06. The molecule has 7 heteroatoms. The molecule has 1 aromatic carbocycles. The lowest BCUT2D eigenvalue weighted by Crippen LogP contribution is -2.26. The summed E-state index contributed by atoms with van der Waals surface area (Å²) < 4.78 is 9.83. The molecule has 0 N–H and O–H groups in total. The summed E-state index contributed by atoms with van der Waals surface area (Å²) in [4.78, 5) is 22.5. The Morgan fingerprint density at radius 3 is 2.58 bits per heavy atom. The lowest BCUT2D eigenvalue weighted by Gasteiger charge is -2.11. The molecule has 0 aliphatic rings. The number of halogens is 3. The van der Waals surface area contributed by atoms with Crippen LogP contribution in [-0.2, 0) is 9.53 Å². The van der Waals surface area contributed by atoms with Gasteiger partial charge in [-0.3, -0.25) is 9.59 Å². The fourth-order valence-corrected chi connectivity index (χ4v) is 1.88. The molecule has 19 heavy (non-hydrogen) atoms. The van der Waals surface area contributed by atoms with Gasteiger partial charge in [0.2, 0.25) is 0 Å². The Bertz CT molecular complexity index is 465. The van der Waals surface area contributed by atoms with Crippen molar-refractivity contribution in [3.8, 4) is 5.75 Å². The number of Topliss-reactive ketones (excluding diaryl/α,β-unsaturated/α-hetero) is 1. The Morgan fingerprint density at radius 2 is 2.05 bits per heavy atom. The zero-order chi connectivity index (χ0) is 13.7. The van der Waals surface area contributed by atoms with Crippen LogP contribution in [0.15, 0.2) is 18.2 Å². The average molecular weight is 416 g/mol. The van der Waals surface area contributed by atoms with Gasteiger partial charge in [-0.15, -0.1) is 17.0 Å². The number of esters is 1. The van der Waals surface area contributed by atoms with Gasteiger partial charge in [0.15, 0.2) is 10.6 Å². The van der Waals surface area contributed by atoms with Crippen molar-refractivity contribution in [2.45, 2.75) is 11.8 Å². The molecular formula is C12H13Br2ClO4. The minimum Gasteiger partial charge on any atom is -0.496 e. The van der Waals surface area contributed by atoms with Crippen molar-refractivity contribution in [3.63, 3.8) is 0 Å². The summed E-state index contributed by atoms with van der Waals surface area (Å²) in [6.07, 6.45) is 0. The van der Waals surface area contributed by atoms with Gasteiger partial charge in [-0.1, -0.05) is 27.5 Å². The van der Waals surface area contributed by atoms with E-state index in [1.54, 1.807) is 19.1 Å². The second-order valence-electron chi connectivity index (χ2n) is 3.32. The monoisotopic (exact) mass is 414 g/mol. The number of ketones is 1. The SMILES string of the molecule is Br.CCOC(=O)C(Br)C(=O)c1cc(Cl)ccc1OC. The standard InChI is InChI=1S/C12H12BrClO4.BrH/c1-3-18-12(16)10(13)11(15)8-6-7(14)4-5-9(8)17-2;/h4-6,10H,3H2,1-2H3;1H. The summed E-state index contributed by atoms with van der Waals surface area (Å²) in [7, 11) is 1.44. The van der Waals surface area contributed by atoms with E-state index < -0.39 is 16.6 Å². The van der Waals surface area contributed by atoms with Crippen LogP contribution in [0.4, 0.5) is 0 Å². The van der Waals surface area contributed by atoms with Gasteiger partial charge in [0.25, 0.3) is 0 Å². The molecule has 0 aromatic heterocycles. The third-order valence-corrected chi connectivity index (χ3v) is 3.18. The predicted molar refractivity (Wildman–Crippen MR) is 82.0 cm³/mol. The van der Waals surface area contributed by atoms with Crippen LogP contribution < -0.4 is 4.74 Å². The molecule has 0 spiro atoms. The molecule has 0 aliphatic carbocycles. The maximum Gasteiger partial charge on any atom is 0.327 e. The van der Waals surface area contributed by atoms with Gasteiger partial charge in [0.05, 0.1) is 19.3 Å². The van der Waals surface area contributed by atoms with Crippen molar-refractivity contribution in [2.24, 2.45) is 0 Å². The summed E-state index contributed by atoms with van der Waals surface area (Å²) in [5.74, 6) is -0.726. The zero-order valence-electron chi connectivity index (χ0n) is 10.3. The number of ether oxygens (including phenoxy) is 2. The lowest BCUT2D eigenvalue weighted by molar-refractivity contribution is -0.141. The smallest absolute Gasteiger partial charge is 0.327 e. The number of alkyl halides is 1. The molecule has 0 heterocycles. The Morgan fingerprint density at radius 1 is 1.42 bits per heavy atom. The van der Waals surface area contributed by atoms with E-state index in [4.69, 9.17) is 21.1 Å². The highest BCUT2D eigenvalue weighted by atomic mass is 79.9. The molecule has 4 nitrogen and oxygen atoms in total. The topological polar surface area (TPSA) is 52.6 Å². The van der Waals surface area contributed by atoms with Crippen LogP contribution in [-0.4, -0.2) is 30.3 Å². The summed E-state index contributed by atoms with van der Waals surface area (Å²) in [5, 5.41) is 0.391. The van der Waals surface area contributed by atoms with Crippen LogP contribution in [0.1, 0.15) is 17.3 Å². The highest BCUT2D eigenvalue weighted by Gasteiger charge is 2.28. The van der Waals surface area contributed by atoms with Gasteiger partial charge in [0.1, 0.15) is 5.75 Å². The fourth-order valence-electron chi connectivity index (χ4n) is 1.33. The summed E-state index contributed by atoms with van der Waals surface area (Å²) in [6, 6.07) is 4.63. The van der Waals surface area contributed by atoms with Crippen LogP contribution in [0.5, 0.6) is 5.75 Å². The van der Waals surface area contributed by atoms with E-state index in [-0.39, 0.29) is 29.2 Å². The van der Waals surface area contributed by atoms with E-state index in [0.29, 0.717) is 10.8 Å². The zero-order valence-corrected chi connectivity index (χ0v) is 14.4. The molecule has 106 valence electrons.